The number of carbonyl (C=O) groups is 1. The molecule has 6 heteroatoms. The average Bonchev–Trinajstić information content (AvgIpc) is 2.81. The lowest BCUT2D eigenvalue weighted by Crippen LogP contribution is -1.97. The number of nitrogens with zero attached hydrogens (tertiary/aromatic N) is 3. The number of rotatable bonds is 2. The van der Waals surface area contributed by atoms with Crippen LogP contribution in [0, 0.1) is 0 Å². The Morgan fingerprint density at radius 1 is 1.26 bits per heavy atom. The van der Waals surface area contributed by atoms with E-state index >= 15 is 0 Å². The number of fused-ring (bicyclic) bond motifs is 1. The zero-order chi connectivity index (χ0) is 13.4. The molecule has 3 rings (SSSR count). The zero-order valence-electron chi connectivity index (χ0n) is 9.62. The first-order valence-corrected chi connectivity index (χ1v) is 5.87. The van der Waals surface area contributed by atoms with Gasteiger partial charge < -0.3 is 5.11 Å². The highest BCUT2D eigenvalue weighted by molar-refractivity contribution is 6.30. The smallest absolute Gasteiger partial charge is 0.335 e. The number of carboxylic acid groups (broad SMARTS) is 1. The van der Waals surface area contributed by atoms with Crippen LogP contribution in [0.2, 0.25) is 5.02 Å². The van der Waals surface area contributed by atoms with E-state index < -0.39 is 5.97 Å². The van der Waals surface area contributed by atoms with Crippen LogP contribution < -0.4 is 0 Å². The van der Waals surface area contributed by atoms with E-state index in [4.69, 9.17) is 16.7 Å². The largest absolute Gasteiger partial charge is 0.478 e. The molecular formula is C13H8ClN3O2. The molecule has 5 nitrogen and oxygen atoms in total. The minimum absolute atomic E-state index is 0.178. The molecule has 0 aliphatic rings. The molecule has 0 spiro atoms. The SMILES string of the molecule is O=C(O)c1ccn2nc(-c3cccc(Cl)c3)nc2c1. The van der Waals surface area contributed by atoms with Crippen molar-refractivity contribution in [2.75, 3.05) is 0 Å². The Morgan fingerprint density at radius 3 is 2.84 bits per heavy atom. The molecule has 2 heterocycles. The van der Waals surface area contributed by atoms with E-state index in [1.807, 2.05) is 12.1 Å². The van der Waals surface area contributed by atoms with Crippen molar-refractivity contribution in [1.29, 1.82) is 0 Å². The van der Waals surface area contributed by atoms with Crippen molar-refractivity contribution in [2.45, 2.75) is 0 Å². The standard InChI is InChI=1S/C13H8ClN3O2/c14-10-3-1-2-8(6-10)12-15-11-7-9(13(18)19)4-5-17(11)16-12/h1-7H,(H,18,19). The predicted molar refractivity (Wildman–Crippen MR) is 70.4 cm³/mol. The van der Waals surface area contributed by atoms with Crippen molar-refractivity contribution in [3.05, 3.63) is 53.2 Å². The molecule has 0 saturated carbocycles. The van der Waals surface area contributed by atoms with Gasteiger partial charge in [-0.1, -0.05) is 23.7 Å². The fourth-order valence-corrected chi connectivity index (χ4v) is 1.95. The number of pyridine rings is 1. The summed E-state index contributed by atoms with van der Waals surface area (Å²) in [7, 11) is 0. The summed E-state index contributed by atoms with van der Waals surface area (Å²) in [5.41, 5.74) is 1.44. The maximum Gasteiger partial charge on any atom is 0.335 e. The minimum Gasteiger partial charge on any atom is -0.478 e. The van der Waals surface area contributed by atoms with Gasteiger partial charge in [0, 0.05) is 16.8 Å². The molecule has 0 amide bonds. The zero-order valence-corrected chi connectivity index (χ0v) is 10.4. The van der Waals surface area contributed by atoms with E-state index in [1.165, 1.54) is 16.6 Å². The first-order valence-electron chi connectivity index (χ1n) is 5.49. The first kappa shape index (κ1) is 11.7. The van der Waals surface area contributed by atoms with E-state index in [0.717, 1.165) is 5.56 Å². The van der Waals surface area contributed by atoms with Gasteiger partial charge in [0.15, 0.2) is 11.5 Å². The molecule has 0 radical (unpaired) electrons. The lowest BCUT2D eigenvalue weighted by atomic mass is 10.2. The van der Waals surface area contributed by atoms with E-state index in [-0.39, 0.29) is 5.56 Å². The Bertz CT molecular complexity index is 782. The molecule has 1 aromatic carbocycles. The van der Waals surface area contributed by atoms with Gasteiger partial charge in [0.05, 0.1) is 5.56 Å². The number of halogens is 1. The summed E-state index contributed by atoms with van der Waals surface area (Å²) in [6.07, 6.45) is 1.57. The predicted octanol–water partition coefficient (Wildman–Crippen LogP) is 2.75. The quantitative estimate of drug-likeness (QED) is 0.779. The van der Waals surface area contributed by atoms with Gasteiger partial charge in [-0.15, -0.1) is 5.10 Å². The van der Waals surface area contributed by atoms with Crippen LogP contribution in [0.1, 0.15) is 10.4 Å². The average molecular weight is 274 g/mol. The minimum atomic E-state index is -0.991. The highest BCUT2D eigenvalue weighted by atomic mass is 35.5. The third kappa shape index (κ3) is 2.15. The molecule has 94 valence electrons. The monoisotopic (exact) mass is 273 g/mol. The molecule has 0 atom stereocenters. The van der Waals surface area contributed by atoms with Crippen molar-refractivity contribution in [1.82, 2.24) is 14.6 Å². The molecule has 0 saturated heterocycles. The van der Waals surface area contributed by atoms with Gasteiger partial charge in [0.25, 0.3) is 0 Å². The van der Waals surface area contributed by atoms with Crippen LogP contribution in [0.25, 0.3) is 17.0 Å². The first-order chi connectivity index (χ1) is 9.13. The van der Waals surface area contributed by atoms with E-state index in [9.17, 15) is 4.79 Å². The van der Waals surface area contributed by atoms with Crippen LogP contribution in [0.5, 0.6) is 0 Å². The highest BCUT2D eigenvalue weighted by Crippen LogP contribution is 2.20. The number of carboxylic acids is 1. The summed E-state index contributed by atoms with van der Waals surface area (Å²) in [6, 6.07) is 10.1. The second-order valence-corrected chi connectivity index (χ2v) is 4.41. The summed E-state index contributed by atoms with van der Waals surface area (Å²) in [5.74, 6) is -0.486. The molecule has 0 aliphatic carbocycles. The Hall–Kier alpha value is -2.40. The summed E-state index contributed by atoms with van der Waals surface area (Å²) >= 11 is 5.92. The molecule has 0 unspecified atom stereocenters. The third-order valence-corrected chi connectivity index (χ3v) is 2.90. The van der Waals surface area contributed by atoms with E-state index in [2.05, 4.69) is 10.1 Å². The normalized spacial score (nSPS) is 10.8. The summed E-state index contributed by atoms with van der Waals surface area (Å²) in [6.45, 7) is 0. The lowest BCUT2D eigenvalue weighted by molar-refractivity contribution is 0.0697. The van der Waals surface area contributed by atoms with Gasteiger partial charge in [-0.05, 0) is 24.3 Å². The lowest BCUT2D eigenvalue weighted by Gasteiger charge is -1.94. The molecule has 3 aromatic rings. The van der Waals surface area contributed by atoms with Crippen molar-refractivity contribution >= 4 is 23.2 Å². The number of hydrogen-bond donors (Lipinski definition) is 1. The molecule has 0 bridgehead atoms. The maximum absolute atomic E-state index is 10.9. The van der Waals surface area contributed by atoms with Gasteiger partial charge in [-0.3, -0.25) is 0 Å². The second kappa shape index (κ2) is 4.37. The number of aromatic carboxylic acids is 1. The summed E-state index contributed by atoms with van der Waals surface area (Å²) < 4.78 is 1.53. The van der Waals surface area contributed by atoms with E-state index in [0.29, 0.717) is 16.5 Å². The Balaban J connectivity index is 2.14. The molecule has 2 aromatic heterocycles. The van der Waals surface area contributed by atoms with Crippen molar-refractivity contribution < 1.29 is 9.90 Å². The van der Waals surface area contributed by atoms with Crippen molar-refractivity contribution in [2.24, 2.45) is 0 Å². The van der Waals surface area contributed by atoms with Gasteiger partial charge in [-0.2, -0.15) is 0 Å². The van der Waals surface area contributed by atoms with Gasteiger partial charge >= 0.3 is 5.97 Å². The van der Waals surface area contributed by atoms with Crippen LogP contribution in [0.3, 0.4) is 0 Å². The number of aromatic nitrogens is 3. The molecular weight excluding hydrogens is 266 g/mol. The van der Waals surface area contributed by atoms with Crippen LogP contribution >= 0.6 is 11.6 Å². The van der Waals surface area contributed by atoms with Crippen LogP contribution in [0.15, 0.2) is 42.6 Å². The van der Waals surface area contributed by atoms with Gasteiger partial charge in [0.1, 0.15) is 0 Å². The Labute approximate surface area is 113 Å². The topological polar surface area (TPSA) is 67.5 Å². The Morgan fingerprint density at radius 2 is 2.11 bits per heavy atom. The van der Waals surface area contributed by atoms with Crippen molar-refractivity contribution in [3.63, 3.8) is 0 Å². The highest BCUT2D eigenvalue weighted by Gasteiger charge is 2.09. The van der Waals surface area contributed by atoms with Crippen molar-refractivity contribution in [3.8, 4) is 11.4 Å². The maximum atomic E-state index is 10.9. The molecule has 0 fully saturated rings. The van der Waals surface area contributed by atoms with Crippen LogP contribution in [-0.2, 0) is 0 Å². The van der Waals surface area contributed by atoms with Crippen LogP contribution in [-0.4, -0.2) is 25.7 Å². The third-order valence-electron chi connectivity index (χ3n) is 2.67. The fourth-order valence-electron chi connectivity index (χ4n) is 1.76. The van der Waals surface area contributed by atoms with Crippen LogP contribution in [0.4, 0.5) is 0 Å². The number of benzene rings is 1. The fraction of sp³-hybridized carbons (Fsp3) is 0. The molecule has 1 N–H and O–H groups in total. The second-order valence-electron chi connectivity index (χ2n) is 3.97. The van der Waals surface area contributed by atoms with E-state index in [1.54, 1.807) is 18.3 Å². The summed E-state index contributed by atoms with van der Waals surface area (Å²) in [4.78, 5) is 15.2. The summed E-state index contributed by atoms with van der Waals surface area (Å²) in [5, 5.41) is 13.8. The van der Waals surface area contributed by atoms with Gasteiger partial charge in [0.2, 0.25) is 0 Å². The Kier molecular flexibility index (Phi) is 2.68. The molecule has 0 aliphatic heterocycles. The molecule has 19 heavy (non-hydrogen) atoms. The number of hydrogen-bond acceptors (Lipinski definition) is 3. The van der Waals surface area contributed by atoms with Gasteiger partial charge in [-0.25, -0.2) is 14.3 Å².